The quantitative estimate of drug-likeness (QED) is 0.575. The molecule has 0 unspecified atom stereocenters. The van der Waals surface area contributed by atoms with Gasteiger partial charge in [-0.1, -0.05) is 17.7 Å². The highest BCUT2D eigenvalue weighted by atomic mass is 35.5. The molecule has 0 spiro atoms. The molecule has 2 aromatic carbocycles. The second-order valence-corrected chi connectivity index (χ2v) is 6.00. The topological polar surface area (TPSA) is 73.9 Å². The van der Waals surface area contributed by atoms with Crippen molar-refractivity contribution in [3.8, 4) is 11.5 Å². The van der Waals surface area contributed by atoms with Crippen molar-refractivity contribution in [1.29, 1.82) is 0 Å². The first-order chi connectivity index (χ1) is 12.9. The van der Waals surface area contributed by atoms with Crippen LogP contribution in [-0.4, -0.2) is 32.7 Å². The summed E-state index contributed by atoms with van der Waals surface area (Å²) >= 11 is 5.91. The van der Waals surface area contributed by atoms with Gasteiger partial charge in [-0.2, -0.15) is 0 Å². The Morgan fingerprint density at radius 1 is 1.11 bits per heavy atom. The number of hydrogen-bond acceptors (Lipinski definition) is 5. The van der Waals surface area contributed by atoms with Gasteiger partial charge in [0.1, 0.15) is 0 Å². The average Bonchev–Trinajstić information content (AvgIpc) is 2.66. The van der Waals surface area contributed by atoms with Crippen molar-refractivity contribution >= 4 is 35.2 Å². The molecule has 0 heterocycles. The number of anilines is 1. The Morgan fingerprint density at radius 2 is 1.89 bits per heavy atom. The Kier molecular flexibility index (Phi) is 7.25. The summed E-state index contributed by atoms with van der Waals surface area (Å²) in [5.41, 5.74) is 2.25. The van der Waals surface area contributed by atoms with Gasteiger partial charge < -0.3 is 19.5 Å². The van der Waals surface area contributed by atoms with Crippen LogP contribution in [0.25, 0.3) is 6.08 Å². The number of halogens is 1. The summed E-state index contributed by atoms with van der Waals surface area (Å²) in [6.07, 6.45) is 2.89. The van der Waals surface area contributed by atoms with E-state index in [4.69, 9.17) is 21.1 Å². The average molecular weight is 390 g/mol. The molecule has 0 aromatic heterocycles. The van der Waals surface area contributed by atoms with Crippen LogP contribution in [0.2, 0.25) is 5.02 Å². The summed E-state index contributed by atoms with van der Waals surface area (Å²) in [5, 5.41) is 3.37. The van der Waals surface area contributed by atoms with Crippen molar-refractivity contribution in [2.45, 2.75) is 6.92 Å². The number of esters is 1. The number of amides is 1. The van der Waals surface area contributed by atoms with Crippen molar-refractivity contribution in [3.63, 3.8) is 0 Å². The zero-order valence-electron chi connectivity index (χ0n) is 15.2. The predicted octanol–water partition coefficient (Wildman–Crippen LogP) is 3.86. The molecule has 2 aromatic rings. The Bertz CT molecular complexity index is 863. The molecule has 1 N–H and O–H groups in total. The number of hydrogen-bond donors (Lipinski definition) is 1. The lowest BCUT2D eigenvalue weighted by Gasteiger charge is -2.12. The third kappa shape index (κ3) is 6.04. The van der Waals surface area contributed by atoms with Crippen molar-refractivity contribution in [3.05, 3.63) is 58.6 Å². The van der Waals surface area contributed by atoms with Gasteiger partial charge in [0.2, 0.25) is 0 Å². The second kappa shape index (κ2) is 9.64. The third-order valence-electron chi connectivity index (χ3n) is 3.62. The number of rotatable bonds is 7. The van der Waals surface area contributed by atoms with Crippen molar-refractivity contribution in [1.82, 2.24) is 0 Å². The maximum Gasteiger partial charge on any atom is 0.330 e. The molecule has 0 fully saturated rings. The highest BCUT2D eigenvalue weighted by molar-refractivity contribution is 6.30. The van der Waals surface area contributed by atoms with Crippen molar-refractivity contribution in [2.24, 2.45) is 0 Å². The van der Waals surface area contributed by atoms with Crippen LogP contribution in [0.1, 0.15) is 11.1 Å². The van der Waals surface area contributed by atoms with Gasteiger partial charge in [0.15, 0.2) is 18.1 Å². The molecule has 0 aliphatic heterocycles. The monoisotopic (exact) mass is 389 g/mol. The van der Waals surface area contributed by atoms with Crippen LogP contribution >= 0.6 is 11.6 Å². The normalized spacial score (nSPS) is 10.5. The number of ether oxygens (including phenoxy) is 3. The molecule has 27 heavy (non-hydrogen) atoms. The number of methoxy groups -OCH3 is 2. The number of benzene rings is 2. The van der Waals surface area contributed by atoms with Crippen LogP contribution in [0.15, 0.2) is 42.5 Å². The molecule has 0 radical (unpaired) electrons. The molecular formula is C20H20ClNO5. The van der Waals surface area contributed by atoms with Crippen LogP contribution in [0.5, 0.6) is 11.5 Å². The minimum absolute atomic E-state index is 0.185. The number of carbonyl (C=O) groups excluding carboxylic acids is 2. The van der Waals surface area contributed by atoms with E-state index in [1.54, 1.807) is 42.5 Å². The van der Waals surface area contributed by atoms with Gasteiger partial charge in [-0.25, -0.2) is 4.79 Å². The molecule has 2 rings (SSSR count). The summed E-state index contributed by atoms with van der Waals surface area (Å²) in [5.74, 6) is 0.0915. The molecule has 142 valence electrons. The summed E-state index contributed by atoms with van der Waals surface area (Å²) in [7, 11) is 2.80. The molecule has 6 nitrogen and oxygen atoms in total. The summed E-state index contributed by atoms with van der Waals surface area (Å²) in [4.78, 5) is 23.3. The van der Waals surface area contributed by atoms with E-state index in [9.17, 15) is 9.59 Å². The van der Waals surface area contributed by atoms with E-state index in [0.29, 0.717) is 22.2 Å². The van der Waals surface area contributed by atoms with Crippen LogP contribution in [-0.2, 0) is 14.3 Å². The van der Waals surface area contributed by atoms with Gasteiger partial charge in [-0.15, -0.1) is 0 Å². The highest BCUT2D eigenvalue weighted by Gasteiger charge is 2.10. The number of aryl methyl sites for hydroxylation is 1. The second-order valence-electron chi connectivity index (χ2n) is 5.56. The van der Waals surface area contributed by atoms with Crippen LogP contribution < -0.4 is 14.8 Å². The molecule has 0 saturated heterocycles. The third-order valence-corrected chi connectivity index (χ3v) is 3.86. The van der Waals surface area contributed by atoms with Crippen LogP contribution in [0.4, 0.5) is 5.69 Å². The maximum atomic E-state index is 12.1. The van der Waals surface area contributed by atoms with Crippen molar-refractivity contribution < 1.29 is 23.8 Å². The smallest absolute Gasteiger partial charge is 0.330 e. The Hall–Kier alpha value is -2.99. The highest BCUT2D eigenvalue weighted by Crippen LogP contribution is 2.28. The summed E-state index contributed by atoms with van der Waals surface area (Å²) < 4.78 is 15.4. The van der Waals surface area contributed by atoms with Crippen molar-refractivity contribution in [2.75, 3.05) is 26.1 Å². The Labute approximate surface area is 162 Å². The van der Waals surface area contributed by atoms with Gasteiger partial charge >= 0.3 is 5.97 Å². The van der Waals surface area contributed by atoms with E-state index in [0.717, 1.165) is 11.1 Å². The SMILES string of the molecule is COC(=O)/C=C/c1ccc(OCC(=O)Nc2ccc(Cl)cc2C)c(OC)c1. The van der Waals surface area contributed by atoms with Crippen LogP contribution in [0, 0.1) is 6.92 Å². The van der Waals surface area contributed by atoms with Crippen LogP contribution in [0.3, 0.4) is 0 Å². The lowest BCUT2D eigenvalue weighted by Crippen LogP contribution is -2.20. The summed E-state index contributed by atoms with van der Waals surface area (Å²) in [6, 6.07) is 10.3. The molecule has 0 bridgehead atoms. The fraction of sp³-hybridized carbons (Fsp3) is 0.200. The first kappa shape index (κ1) is 20.3. The van der Waals surface area contributed by atoms with Gasteiger partial charge in [0.25, 0.3) is 5.91 Å². The molecule has 0 saturated carbocycles. The fourth-order valence-corrected chi connectivity index (χ4v) is 2.46. The first-order valence-electron chi connectivity index (χ1n) is 8.06. The fourth-order valence-electron chi connectivity index (χ4n) is 2.24. The van der Waals surface area contributed by atoms with E-state index in [1.165, 1.54) is 20.3 Å². The summed E-state index contributed by atoms with van der Waals surface area (Å²) in [6.45, 7) is 1.67. The van der Waals surface area contributed by atoms with Gasteiger partial charge in [-0.3, -0.25) is 4.79 Å². The lowest BCUT2D eigenvalue weighted by molar-refractivity contribution is -0.134. The minimum atomic E-state index is -0.455. The molecule has 0 aliphatic rings. The van der Waals surface area contributed by atoms with E-state index < -0.39 is 5.97 Å². The first-order valence-corrected chi connectivity index (χ1v) is 8.43. The standard InChI is InChI=1S/C20H20ClNO5/c1-13-10-15(21)6-7-16(13)22-19(23)12-27-17-8-4-14(11-18(17)25-2)5-9-20(24)26-3/h4-11H,12H2,1-3H3,(H,22,23)/b9-5+. The zero-order chi connectivity index (χ0) is 19.8. The van der Waals surface area contributed by atoms with E-state index in [2.05, 4.69) is 10.1 Å². The Morgan fingerprint density at radius 3 is 2.56 bits per heavy atom. The molecular weight excluding hydrogens is 370 g/mol. The Balaban J connectivity index is 2.01. The minimum Gasteiger partial charge on any atom is -0.493 e. The maximum absolute atomic E-state index is 12.1. The zero-order valence-corrected chi connectivity index (χ0v) is 16.0. The lowest BCUT2D eigenvalue weighted by atomic mass is 10.2. The number of carbonyl (C=O) groups is 2. The largest absolute Gasteiger partial charge is 0.493 e. The molecule has 0 atom stereocenters. The molecule has 0 aliphatic carbocycles. The van der Waals surface area contributed by atoms with E-state index >= 15 is 0 Å². The predicted molar refractivity (Wildman–Crippen MR) is 104 cm³/mol. The van der Waals surface area contributed by atoms with Gasteiger partial charge in [0, 0.05) is 16.8 Å². The van der Waals surface area contributed by atoms with Gasteiger partial charge in [0.05, 0.1) is 14.2 Å². The molecule has 7 heteroatoms. The van der Waals surface area contributed by atoms with E-state index in [1.807, 2.05) is 6.92 Å². The van der Waals surface area contributed by atoms with E-state index in [-0.39, 0.29) is 12.5 Å². The number of nitrogens with one attached hydrogen (secondary N) is 1. The molecule has 1 amide bonds. The van der Waals surface area contributed by atoms with Gasteiger partial charge in [-0.05, 0) is 54.5 Å².